The fourth-order valence-corrected chi connectivity index (χ4v) is 2.33. The number of aryl methyl sites for hydroxylation is 2. The molecule has 2 aromatic rings. The van der Waals surface area contributed by atoms with Crippen LogP contribution in [0, 0.1) is 6.92 Å². The van der Waals surface area contributed by atoms with E-state index in [1.807, 2.05) is 30.7 Å². The Morgan fingerprint density at radius 1 is 1.56 bits per heavy atom. The van der Waals surface area contributed by atoms with Gasteiger partial charge in [-0.1, -0.05) is 6.07 Å². The number of benzene rings is 1. The van der Waals surface area contributed by atoms with E-state index in [1.165, 1.54) is 17.3 Å². The fourth-order valence-electron chi connectivity index (χ4n) is 1.60. The number of carboxylic acid groups (broad SMARTS) is 1. The Balaban J connectivity index is 2.40. The SMILES string of the molecule is Cc1ccc2[nH]c(SCC(=O)O)[n+](C)c2c1. The zero-order valence-electron chi connectivity index (χ0n) is 9.15. The fraction of sp³-hybridized carbons (Fsp3) is 0.273. The number of thioether (sulfide) groups is 1. The van der Waals surface area contributed by atoms with Crippen LogP contribution in [0.5, 0.6) is 0 Å². The monoisotopic (exact) mass is 237 g/mol. The van der Waals surface area contributed by atoms with E-state index in [1.54, 1.807) is 0 Å². The van der Waals surface area contributed by atoms with E-state index in [-0.39, 0.29) is 5.75 Å². The minimum Gasteiger partial charge on any atom is -0.481 e. The Hall–Kier alpha value is -1.49. The maximum atomic E-state index is 10.5. The molecule has 0 atom stereocenters. The normalized spacial score (nSPS) is 10.9. The molecule has 2 rings (SSSR count). The topological polar surface area (TPSA) is 57.0 Å². The van der Waals surface area contributed by atoms with Crippen LogP contribution in [0.25, 0.3) is 11.0 Å². The quantitative estimate of drug-likeness (QED) is 0.628. The van der Waals surface area contributed by atoms with Crippen molar-refractivity contribution in [3.63, 3.8) is 0 Å². The van der Waals surface area contributed by atoms with Crippen molar-refractivity contribution < 1.29 is 14.5 Å². The molecule has 0 fully saturated rings. The standard InChI is InChI=1S/C11H12N2O2S/c1-7-3-4-8-9(5-7)13(2)11(12-8)16-6-10(14)15/h3-5H,6H2,1-2H3,(H,14,15)/p+1. The van der Waals surface area contributed by atoms with Gasteiger partial charge in [-0.25, -0.2) is 9.55 Å². The zero-order valence-corrected chi connectivity index (χ0v) is 9.97. The summed E-state index contributed by atoms with van der Waals surface area (Å²) in [5.41, 5.74) is 3.31. The van der Waals surface area contributed by atoms with Gasteiger partial charge in [-0.3, -0.25) is 4.79 Å². The lowest BCUT2D eigenvalue weighted by atomic mass is 10.2. The van der Waals surface area contributed by atoms with Gasteiger partial charge in [0.1, 0.15) is 5.75 Å². The lowest BCUT2D eigenvalue weighted by Crippen LogP contribution is -2.29. The molecule has 16 heavy (non-hydrogen) atoms. The van der Waals surface area contributed by atoms with Crippen molar-refractivity contribution in [2.75, 3.05) is 5.75 Å². The maximum Gasteiger partial charge on any atom is 0.317 e. The summed E-state index contributed by atoms with van der Waals surface area (Å²) in [4.78, 5) is 13.7. The lowest BCUT2D eigenvalue weighted by Gasteiger charge is -1.92. The molecule has 0 aliphatic carbocycles. The molecular formula is C11H13N2O2S+. The molecule has 1 heterocycles. The summed E-state index contributed by atoms with van der Waals surface area (Å²) in [5.74, 6) is -0.737. The Bertz CT molecular complexity index is 548. The highest BCUT2D eigenvalue weighted by Gasteiger charge is 2.16. The number of imidazole rings is 1. The minimum atomic E-state index is -0.806. The van der Waals surface area contributed by atoms with Crippen molar-refractivity contribution in [1.82, 2.24) is 4.98 Å². The second-order valence-electron chi connectivity index (χ2n) is 3.69. The van der Waals surface area contributed by atoms with E-state index in [0.717, 1.165) is 16.2 Å². The Morgan fingerprint density at radius 3 is 3.00 bits per heavy atom. The van der Waals surface area contributed by atoms with Crippen molar-refractivity contribution in [2.45, 2.75) is 12.1 Å². The highest BCUT2D eigenvalue weighted by Crippen LogP contribution is 2.17. The molecule has 1 aromatic carbocycles. The van der Waals surface area contributed by atoms with Crippen LogP contribution in [0.4, 0.5) is 0 Å². The first-order chi connectivity index (χ1) is 7.58. The van der Waals surface area contributed by atoms with Gasteiger partial charge < -0.3 is 5.11 Å². The molecule has 0 aliphatic rings. The minimum absolute atomic E-state index is 0.0691. The highest BCUT2D eigenvalue weighted by molar-refractivity contribution is 7.99. The van der Waals surface area contributed by atoms with E-state index in [2.05, 4.69) is 11.1 Å². The number of hydrogen-bond acceptors (Lipinski definition) is 2. The van der Waals surface area contributed by atoms with Crippen LogP contribution >= 0.6 is 11.8 Å². The lowest BCUT2D eigenvalue weighted by molar-refractivity contribution is -0.683. The van der Waals surface area contributed by atoms with Crippen LogP contribution in [0.1, 0.15) is 5.56 Å². The molecule has 0 saturated heterocycles. The summed E-state index contributed by atoms with van der Waals surface area (Å²) in [5, 5.41) is 9.50. The van der Waals surface area contributed by atoms with Crippen molar-refractivity contribution in [3.05, 3.63) is 23.8 Å². The number of H-pyrrole nitrogens is 1. The molecule has 0 spiro atoms. The third-order valence-electron chi connectivity index (χ3n) is 2.39. The van der Waals surface area contributed by atoms with Crippen LogP contribution < -0.4 is 4.57 Å². The first-order valence-corrected chi connectivity index (χ1v) is 5.89. The number of rotatable bonds is 3. The summed E-state index contributed by atoms with van der Waals surface area (Å²) in [6, 6.07) is 6.12. The number of carboxylic acids is 1. The number of aromatic nitrogens is 2. The smallest absolute Gasteiger partial charge is 0.317 e. The van der Waals surface area contributed by atoms with E-state index in [4.69, 9.17) is 5.11 Å². The second-order valence-corrected chi connectivity index (χ2v) is 4.66. The van der Waals surface area contributed by atoms with Crippen LogP contribution in [0.15, 0.2) is 23.4 Å². The second kappa shape index (κ2) is 4.17. The average molecular weight is 237 g/mol. The number of carbonyl (C=O) groups is 1. The molecule has 0 unspecified atom stereocenters. The van der Waals surface area contributed by atoms with Crippen LogP contribution in [-0.2, 0) is 11.8 Å². The largest absolute Gasteiger partial charge is 0.481 e. The number of nitrogens with zero attached hydrogens (tertiary/aromatic N) is 1. The molecule has 2 N–H and O–H groups in total. The number of fused-ring (bicyclic) bond motifs is 1. The van der Waals surface area contributed by atoms with Gasteiger partial charge in [-0.05, 0) is 36.4 Å². The van der Waals surface area contributed by atoms with Crippen LogP contribution in [0.3, 0.4) is 0 Å². The van der Waals surface area contributed by atoms with E-state index in [9.17, 15) is 4.79 Å². The molecule has 0 saturated carbocycles. The molecule has 5 heteroatoms. The van der Waals surface area contributed by atoms with Crippen molar-refractivity contribution in [1.29, 1.82) is 0 Å². The van der Waals surface area contributed by atoms with Crippen molar-refractivity contribution in [2.24, 2.45) is 7.05 Å². The summed E-state index contributed by atoms with van der Waals surface area (Å²) in [7, 11) is 1.93. The van der Waals surface area contributed by atoms with Gasteiger partial charge in [-0.2, -0.15) is 0 Å². The van der Waals surface area contributed by atoms with Gasteiger partial charge in [0.25, 0.3) is 0 Å². The first kappa shape index (κ1) is 11.0. The van der Waals surface area contributed by atoms with E-state index >= 15 is 0 Å². The van der Waals surface area contributed by atoms with Crippen LogP contribution in [0.2, 0.25) is 0 Å². The Labute approximate surface area is 97.3 Å². The van der Waals surface area contributed by atoms with Crippen LogP contribution in [-0.4, -0.2) is 21.8 Å². The molecule has 0 aliphatic heterocycles. The van der Waals surface area contributed by atoms with E-state index in [0.29, 0.717) is 0 Å². The summed E-state index contributed by atoms with van der Waals surface area (Å²) < 4.78 is 1.98. The molecule has 0 bridgehead atoms. The highest BCUT2D eigenvalue weighted by atomic mass is 32.2. The number of hydrogen-bond donors (Lipinski definition) is 2. The predicted octanol–water partition coefficient (Wildman–Crippen LogP) is 1.48. The van der Waals surface area contributed by atoms with Gasteiger partial charge in [0.2, 0.25) is 0 Å². The number of nitrogens with one attached hydrogen (secondary N) is 1. The molecule has 0 amide bonds. The third-order valence-corrected chi connectivity index (χ3v) is 3.43. The average Bonchev–Trinajstić information content (AvgIpc) is 2.53. The maximum absolute atomic E-state index is 10.5. The van der Waals surface area contributed by atoms with Crippen molar-refractivity contribution in [3.8, 4) is 0 Å². The van der Waals surface area contributed by atoms with Crippen molar-refractivity contribution >= 4 is 28.8 Å². The van der Waals surface area contributed by atoms with Gasteiger partial charge in [-0.15, -0.1) is 0 Å². The van der Waals surface area contributed by atoms with Gasteiger partial charge in [0.15, 0.2) is 11.0 Å². The first-order valence-electron chi connectivity index (χ1n) is 4.91. The van der Waals surface area contributed by atoms with Gasteiger partial charge in [0, 0.05) is 0 Å². The van der Waals surface area contributed by atoms with E-state index < -0.39 is 5.97 Å². The molecule has 4 nitrogen and oxygen atoms in total. The number of aliphatic carboxylic acids is 1. The third kappa shape index (κ3) is 2.04. The molecule has 1 aromatic heterocycles. The molecular weight excluding hydrogens is 224 g/mol. The summed E-state index contributed by atoms with van der Waals surface area (Å²) >= 11 is 1.29. The molecule has 84 valence electrons. The van der Waals surface area contributed by atoms with Gasteiger partial charge >= 0.3 is 11.1 Å². The number of aromatic amines is 1. The Morgan fingerprint density at radius 2 is 2.31 bits per heavy atom. The predicted molar refractivity (Wildman–Crippen MR) is 62.6 cm³/mol. The Kier molecular flexibility index (Phi) is 2.87. The summed E-state index contributed by atoms with van der Waals surface area (Å²) in [6.07, 6.45) is 0. The molecule has 0 radical (unpaired) electrons. The summed E-state index contributed by atoms with van der Waals surface area (Å²) in [6.45, 7) is 2.04. The van der Waals surface area contributed by atoms with Gasteiger partial charge in [0.05, 0.1) is 7.05 Å². The zero-order chi connectivity index (χ0) is 11.7.